The first-order valence-electron chi connectivity index (χ1n) is 6.88. The van der Waals surface area contributed by atoms with Crippen LogP contribution in [0.25, 0.3) is 0 Å². The van der Waals surface area contributed by atoms with Crippen LogP contribution in [0, 0.1) is 0 Å². The molecule has 1 aromatic carbocycles. The number of rotatable bonds is 7. The van der Waals surface area contributed by atoms with Crippen molar-refractivity contribution >= 4 is 30.1 Å². The molecule has 2 N–H and O–H groups in total. The number of nitrogens with one attached hydrogen (secondary N) is 1. The Labute approximate surface area is 135 Å². The molecule has 0 saturated carbocycles. The van der Waals surface area contributed by atoms with Gasteiger partial charge in [0.2, 0.25) is 0 Å². The predicted molar refractivity (Wildman–Crippen MR) is 91.0 cm³/mol. The van der Waals surface area contributed by atoms with E-state index < -0.39 is 5.97 Å². The Hall–Kier alpha value is -2.14. The lowest BCUT2D eigenvalue weighted by Gasteiger charge is -2.15. The third kappa shape index (κ3) is 5.00. The molecule has 0 aliphatic rings. The van der Waals surface area contributed by atoms with Crippen molar-refractivity contribution in [1.82, 2.24) is 5.32 Å². The van der Waals surface area contributed by atoms with Gasteiger partial charge >= 0.3 is 5.97 Å². The van der Waals surface area contributed by atoms with Gasteiger partial charge in [0, 0.05) is 29.8 Å². The highest BCUT2D eigenvalue weighted by Crippen LogP contribution is 2.22. The first-order valence-corrected chi connectivity index (χ1v) is 7.26. The van der Waals surface area contributed by atoms with Crippen LogP contribution in [0.2, 0.25) is 5.02 Å². The lowest BCUT2D eigenvalue weighted by atomic mass is 10.0. The van der Waals surface area contributed by atoms with E-state index in [1.165, 1.54) is 0 Å². The molecule has 5 nitrogen and oxygen atoms in total. The van der Waals surface area contributed by atoms with E-state index in [0.717, 1.165) is 16.8 Å². The highest BCUT2D eigenvalue weighted by atomic mass is 35.5. The molecule has 22 heavy (non-hydrogen) atoms. The highest BCUT2D eigenvalue weighted by molar-refractivity contribution is 6.31. The van der Waals surface area contributed by atoms with Gasteiger partial charge in [-0.1, -0.05) is 36.7 Å². The van der Waals surface area contributed by atoms with E-state index in [-0.39, 0.29) is 6.54 Å². The van der Waals surface area contributed by atoms with E-state index in [9.17, 15) is 4.79 Å². The standard InChI is InChI=1S/C16H20ClN3O2/c1-4-14(18-2)12(16(19-3)20-10-15(21)22)9-11-7-5-6-8-13(11)17/h5-8H,2,4,9-10H2,1,3H3,(H,19,20)(H,21,22)/b14-12-. The Morgan fingerprint density at radius 2 is 2.09 bits per heavy atom. The summed E-state index contributed by atoms with van der Waals surface area (Å²) < 4.78 is 0. The van der Waals surface area contributed by atoms with Gasteiger partial charge in [-0.25, -0.2) is 0 Å². The maximum Gasteiger partial charge on any atom is 0.322 e. The summed E-state index contributed by atoms with van der Waals surface area (Å²) in [5.41, 5.74) is 2.49. The van der Waals surface area contributed by atoms with Crippen LogP contribution in [0.3, 0.4) is 0 Å². The van der Waals surface area contributed by atoms with E-state index in [1.807, 2.05) is 31.2 Å². The lowest BCUT2D eigenvalue weighted by molar-refractivity contribution is -0.135. The number of nitrogens with zero attached hydrogens (tertiary/aromatic N) is 2. The van der Waals surface area contributed by atoms with Gasteiger partial charge in [-0.2, -0.15) is 0 Å². The second-order valence-electron chi connectivity index (χ2n) is 4.52. The zero-order chi connectivity index (χ0) is 16.5. The van der Waals surface area contributed by atoms with Crippen LogP contribution >= 0.6 is 11.6 Å². The molecule has 0 aromatic heterocycles. The maximum absolute atomic E-state index is 10.8. The van der Waals surface area contributed by atoms with Gasteiger partial charge in [-0.15, -0.1) is 0 Å². The molecular formula is C16H20ClN3O2. The van der Waals surface area contributed by atoms with Crippen LogP contribution in [0.1, 0.15) is 18.9 Å². The number of halogens is 1. The third-order valence-electron chi connectivity index (χ3n) is 3.12. The smallest absolute Gasteiger partial charge is 0.322 e. The Morgan fingerprint density at radius 3 is 2.59 bits per heavy atom. The van der Waals surface area contributed by atoms with Gasteiger partial charge in [0.1, 0.15) is 12.4 Å². The molecule has 0 radical (unpaired) electrons. The minimum Gasteiger partial charge on any atom is -0.480 e. The van der Waals surface area contributed by atoms with Crippen molar-refractivity contribution in [2.75, 3.05) is 13.6 Å². The molecule has 6 heteroatoms. The number of hydrogen-bond donors (Lipinski definition) is 2. The number of carboxylic acids is 1. The van der Waals surface area contributed by atoms with Crippen molar-refractivity contribution in [3.8, 4) is 0 Å². The minimum absolute atomic E-state index is 0.215. The largest absolute Gasteiger partial charge is 0.480 e. The van der Waals surface area contributed by atoms with Crippen molar-refractivity contribution in [1.29, 1.82) is 0 Å². The molecule has 0 fully saturated rings. The molecule has 0 aliphatic carbocycles. The minimum atomic E-state index is -0.956. The average molecular weight is 322 g/mol. The average Bonchev–Trinajstić information content (AvgIpc) is 2.50. The molecule has 1 rings (SSSR count). The van der Waals surface area contributed by atoms with Gasteiger partial charge < -0.3 is 10.4 Å². The van der Waals surface area contributed by atoms with Crippen LogP contribution in [-0.2, 0) is 11.2 Å². The summed E-state index contributed by atoms with van der Waals surface area (Å²) in [6.07, 6.45) is 1.16. The second kappa shape index (κ2) is 9.00. The SMILES string of the molecule is C=N/C(CC)=C(/Cc1ccccc1Cl)C(=NC)NCC(=O)O. The van der Waals surface area contributed by atoms with E-state index >= 15 is 0 Å². The topological polar surface area (TPSA) is 74.0 Å². The van der Waals surface area contributed by atoms with Crippen molar-refractivity contribution in [2.45, 2.75) is 19.8 Å². The summed E-state index contributed by atoms with van der Waals surface area (Å²) in [7, 11) is 1.60. The summed E-state index contributed by atoms with van der Waals surface area (Å²) in [5, 5.41) is 12.3. The van der Waals surface area contributed by atoms with Crippen LogP contribution in [0.5, 0.6) is 0 Å². The van der Waals surface area contributed by atoms with Crippen molar-refractivity contribution in [3.63, 3.8) is 0 Å². The molecule has 0 unspecified atom stereocenters. The Bertz CT molecular complexity index is 609. The molecule has 0 bridgehead atoms. The molecular weight excluding hydrogens is 302 g/mol. The normalized spacial score (nSPS) is 12.6. The Kier molecular flexibility index (Phi) is 7.32. The fourth-order valence-electron chi connectivity index (χ4n) is 2.06. The molecule has 0 spiro atoms. The first kappa shape index (κ1) is 17.9. The molecule has 0 heterocycles. The lowest BCUT2D eigenvalue weighted by Crippen LogP contribution is -2.32. The number of carboxylic acid groups (broad SMARTS) is 1. The van der Waals surface area contributed by atoms with Crippen LogP contribution < -0.4 is 5.32 Å². The Morgan fingerprint density at radius 1 is 1.41 bits per heavy atom. The molecule has 0 saturated heterocycles. The summed E-state index contributed by atoms with van der Waals surface area (Å²) in [6.45, 7) is 5.33. The predicted octanol–water partition coefficient (Wildman–Crippen LogP) is 2.95. The number of allylic oxidation sites excluding steroid dienone is 1. The first-order chi connectivity index (χ1) is 10.5. The zero-order valence-electron chi connectivity index (χ0n) is 12.8. The van der Waals surface area contributed by atoms with Crippen molar-refractivity contribution in [3.05, 3.63) is 46.1 Å². The summed E-state index contributed by atoms with van der Waals surface area (Å²) in [4.78, 5) is 19.0. The fourth-order valence-corrected chi connectivity index (χ4v) is 2.26. The van der Waals surface area contributed by atoms with Crippen LogP contribution in [0.4, 0.5) is 0 Å². The van der Waals surface area contributed by atoms with E-state index in [0.29, 0.717) is 23.7 Å². The Balaban J connectivity index is 3.19. The monoisotopic (exact) mass is 321 g/mol. The number of aliphatic carboxylic acids is 1. The fraction of sp³-hybridized carbons (Fsp3) is 0.312. The second-order valence-corrected chi connectivity index (χ2v) is 4.93. The zero-order valence-corrected chi connectivity index (χ0v) is 13.5. The van der Waals surface area contributed by atoms with Crippen LogP contribution in [-0.4, -0.2) is 37.2 Å². The maximum atomic E-state index is 10.8. The molecule has 0 aliphatic heterocycles. The van der Waals surface area contributed by atoms with E-state index in [2.05, 4.69) is 22.0 Å². The molecule has 1 aromatic rings. The van der Waals surface area contributed by atoms with E-state index in [4.69, 9.17) is 16.7 Å². The number of amidine groups is 1. The third-order valence-corrected chi connectivity index (χ3v) is 3.48. The van der Waals surface area contributed by atoms with Crippen molar-refractivity contribution < 1.29 is 9.90 Å². The van der Waals surface area contributed by atoms with E-state index in [1.54, 1.807) is 7.05 Å². The van der Waals surface area contributed by atoms with Gasteiger partial charge in [-0.3, -0.25) is 14.8 Å². The summed E-state index contributed by atoms with van der Waals surface area (Å²) in [5.74, 6) is -0.463. The van der Waals surface area contributed by atoms with Crippen LogP contribution in [0.15, 0.2) is 45.5 Å². The number of carbonyl (C=O) groups is 1. The number of hydrogen-bond acceptors (Lipinski definition) is 3. The number of benzene rings is 1. The molecule has 118 valence electrons. The summed E-state index contributed by atoms with van der Waals surface area (Å²) >= 11 is 6.21. The molecule has 0 amide bonds. The van der Waals surface area contributed by atoms with Gasteiger partial charge in [0.25, 0.3) is 0 Å². The van der Waals surface area contributed by atoms with Crippen molar-refractivity contribution in [2.24, 2.45) is 9.98 Å². The van der Waals surface area contributed by atoms with Gasteiger partial charge in [0.05, 0.1) is 0 Å². The highest BCUT2D eigenvalue weighted by Gasteiger charge is 2.15. The quantitative estimate of drug-likeness (QED) is 0.599. The van der Waals surface area contributed by atoms with Gasteiger partial charge in [-0.05, 0) is 24.8 Å². The number of aliphatic imine (C=N–C) groups is 2. The van der Waals surface area contributed by atoms with Gasteiger partial charge in [0.15, 0.2) is 0 Å². The summed E-state index contributed by atoms with van der Waals surface area (Å²) in [6, 6.07) is 7.50. The molecule has 0 atom stereocenters.